The average Bonchev–Trinajstić information content (AvgIpc) is 3.65. The Morgan fingerprint density at radius 1 is 1.21 bits per heavy atom. The molecule has 1 saturated carbocycles. The van der Waals surface area contributed by atoms with Gasteiger partial charge in [-0.1, -0.05) is 0 Å². The maximum Gasteiger partial charge on any atom is 0.269 e. The van der Waals surface area contributed by atoms with Gasteiger partial charge in [-0.3, -0.25) is 19.5 Å². The van der Waals surface area contributed by atoms with E-state index in [4.69, 9.17) is 4.98 Å². The molecule has 0 bridgehead atoms. The van der Waals surface area contributed by atoms with Gasteiger partial charge < -0.3 is 20.5 Å². The zero-order valence-corrected chi connectivity index (χ0v) is 18.6. The van der Waals surface area contributed by atoms with E-state index < -0.39 is 0 Å². The Morgan fingerprint density at radius 2 is 2.12 bits per heavy atom. The molecule has 3 N–H and O–H groups in total. The summed E-state index contributed by atoms with van der Waals surface area (Å²) in [6.45, 7) is 3.56. The number of anilines is 2. The number of aromatic amines is 1. The fraction of sp³-hybridized carbons (Fsp3) is 0.417. The van der Waals surface area contributed by atoms with E-state index in [2.05, 4.69) is 36.5 Å². The highest BCUT2D eigenvalue weighted by Crippen LogP contribution is 2.40. The van der Waals surface area contributed by atoms with Gasteiger partial charge in [0.1, 0.15) is 11.2 Å². The van der Waals surface area contributed by atoms with Gasteiger partial charge in [0.25, 0.3) is 11.5 Å². The lowest BCUT2D eigenvalue weighted by Gasteiger charge is -2.35. The van der Waals surface area contributed by atoms with Gasteiger partial charge in [-0.05, 0) is 43.0 Å². The Balaban J connectivity index is 1.17. The zero-order chi connectivity index (χ0) is 22.5. The maximum atomic E-state index is 12.5. The summed E-state index contributed by atoms with van der Waals surface area (Å²) in [6, 6.07) is 6.81. The van der Waals surface area contributed by atoms with Crippen LogP contribution >= 0.6 is 0 Å². The molecule has 2 atom stereocenters. The molecule has 2 fully saturated rings. The van der Waals surface area contributed by atoms with Crippen LogP contribution in [-0.4, -0.2) is 64.5 Å². The Kier molecular flexibility index (Phi) is 4.79. The fourth-order valence-corrected chi connectivity index (χ4v) is 5.28. The van der Waals surface area contributed by atoms with E-state index in [-0.39, 0.29) is 11.5 Å². The largest absolute Gasteiger partial charge is 0.383 e. The van der Waals surface area contributed by atoms with Crippen LogP contribution in [0.5, 0.6) is 0 Å². The Hall–Kier alpha value is -3.46. The Bertz CT molecular complexity index is 1290. The molecule has 0 radical (unpaired) electrons. The predicted molar refractivity (Wildman–Crippen MR) is 127 cm³/mol. The van der Waals surface area contributed by atoms with Crippen LogP contribution in [0, 0.1) is 0 Å². The van der Waals surface area contributed by atoms with Crippen LogP contribution in [0.4, 0.5) is 11.4 Å². The fourth-order valence-electron chi connectivity index (χ4n) is 5.28. The summed E-state index contributed by atoms with van der Waals surface area (Å²) in [6.07, 6.45) is 6.64. The van der Waals surface area contributed by atoms with Crippen LogP contribution in [0.2, 0.25) is 0 Å². The number of nitrogens with one attached hydrogen (secondary N) is 3. The number of piperazine rings is 1. The molecule has 0 spiro atoms. The van der Waals surface area contributed by atoms with E-state index >= 15 is 0 Å². The number of hydrogen-bond acceptors (Lipinski definition) is 7. The first-order valence-corrected chi connectivity index (χ1v) is 11.6. The van der Waals surface area contributed by atoms with Crippen LogP contribution in [0.25, 0.3) is 11.0 Å². The van der Waals surface area contributed by atoms with Crippen LogP contribution in [0.1, 0.15) is 34.5 Å². The second-order valence-electron chi connectivity index (χ2n) is 9.09. The predicted octanol–water partition coefficient (Wildman–Crippen LogP) is 1.50. The summed E-state index contributed by atoms with van der Waals surface area (Å²) in [5.74, 6) is -0.169. The van der Waals surface area contributed by atoms with Gasteiger partial charge in [-0.15, -0.1) is 0 Å². The average molecular weight is 446 g/mol. The topological polar surface area (TPSA) is 106 Å². The first-order valence-electron chi connectivity index (χ1n) is 11.6. The lowest BCUT2D eigenvalue weighted by atomic mass is 10.0. The monoisotopic (exact) mass is 445 g/mol. The minimum Gasteiger partial charge on any atom is -0.383 e. The summed E-state index contributed by atoms with van der Waals surface area (Å²) in [5.41, 5.74) is 6.00. The molecular formula is C24H27N7O2. The molecule has 3 aromatic heterocycles. The Labute approximate surface area is 191 Å². The quantitative estimate of drug-likeness (QED) is 0.559. The number of aromatic nitrogens is 3. The van der Waals surface area contributed by atoms with Crippen molar-refractivity contribution >= 4 is 28.3 Å². The summed E-state index contributed by atoms with van der Waals surface area (Å²) in [7, 11) is 1.61. The molecule has 33 heavy (non-hydrogen) atoms. The molecule has 0 unspecified atom stereocenters. The third kappa shape index (κ3) is 3.52. The molecule has 3 aromatic rings. The van der Waals surface area contributed by atoms with Gasteiger partial charge in [0.05, 0.1) is 23.1 Å². The molecule has 1 aliphatic carbocycles. The number of carbonyl (C=O) groups excluding carboxylic acids is 1. The maximum absolute atomic E-state index is 12.5. The van der Waals surface area contributed by atoms with Crippen LogP contribution in [0.15, 0.2) is 35.4 Å². The first-order chi connectivity index (χ1) is 16.1. The van der Waals surface area contributed by atoms with Crippen molar-refractivity contribution in [1.29, 1.82) is 0 Å². The van der Waals surface area contributed by atoms with Crippen molar-refractivity contribution in [2.45, 2.75) is 37.9 Å². The number of rotatable bonds is 4. The summed E-state index contributed by atoms with van der Waals surface area (Å²) >= 11 is 0. The van der Waals surface area contributed by atoms with E-state index in [0.29, 0.717) is 17.8 Å². The minimum absolute atomic E-state index is 0.00410. The van der Waals surface area contributed by atoms with E-state index in [1.165, 1.54) is 0 Å². The Morgan fingerprint density at radius 3 is 2.94 bits per heavy atom. The molecule has 3 aliphatic rings. The molecule has 0 aromatic carbocycles. The summed E-state index contributed by atoms with van der Waals surface area (Å²) < 4.78 is 0. The van der Waals surface area contributed by atoms with Crippen molar-refractivity contribution in [3.05, 3.63) is 57.8 Å². The number of amides is 1. The zero-order valence-electron chi connectivity index (χ0n) is 18.6. The van der Waals surface area contributed by atoms with Gasteiger partial charge >= 0.3 is 0 Å². The summed E-state index contributed by atoms with van der Waals surface area (Å²) in [4.78, 5) is 41.2. The smallest absolute Gasteiger partial charge is 0.269 e. The van der Waals surface area contributed by atoms with Crippen molar-refractivity contribution < 1.29 is 4.79 Å². The minimum atomic E-state index is -0.169. The van der Waals surface area contributed by atoms with Crippen LogP contribution < -0.4 is 21.1 Å². The third-order valence-corrected chi connectivity index (χ3v) is 7.06. The number of hydrogen-bond donors (Lipinski definition) is 3. The van der Waals surface area contributed by atoms with Gasteiger partial charge in [0, 0.05) is 57.1 Å². The van der Waals surface area contributed by atoms with Crippen molar-refractivity contribution in [2.75, 3.05) is 36.9 Å². The summed E-state index contributed by atoms with van der Waals surface area (Å²) in [5, 5.41) is 5.97. The number of pyridine rings is 3. The normalized spacial score (nSPS) is 21.8. The van der Waals surface area contributed by atoms with E-state index in [1.807, 2.05) is 12.3 Å². The number of nitrogens with zero attached hydrogens (tertiary/aromatic N) is 4. The van der Waals surface area contributed by atoms with Gasteiger partial charge in [0.15, 0.2) is 0 Å². The second-order valence-corrected chi connectivity index (χ2v) is 9.09. The molecular weight excluding hydrogens is 418 g/mol. The molecule has 170 valence electrons. The third-order valence-electron chi connectivity index (χ3n) is 7.06. The van der Waals surface area contributed by atoms with Crippen molar-refractivity contribution in [3.63, 3.8) is 0 Å². The molecule has 1 amide bonds. The highest BCUT2D eigenvalue weighted by molar-refractivity contribution is 5.92. The van der Waals surface area contributed by atoms with Gasteiger partial charge in [-0.25, -0.2) is 4.98 Å². The van der Waals surface area contributed by atoms with Crippen molar-refractivity contribution in [3.8, 4) is 0 Å². The van der Waals surface area contributed by atoms with E-state index in [9.17, 15) is 9.59 Å². The molecule has 6 rings (SSSR count). The van der Waals surface area contributed by atoms with Crippen LogP contribution in [-0.2, 0) is 13.0 Å². The van der Waals surface area contributed by atoms with Gasteiger partial charge in [-0.2, -0.15) is 0 Å². The number of H-pyrrole nitrogens is 1. The van der Waals surface area contributed by atoms with Crippen molar-refractivity contribution in [2.24, 2.45) is 0 Å². The highest BCUT2D eigenvalue weighted by Gasteiger charge is 2.48. The molecule has 9 heteroatoms. The molecule has 9 nitrogen and oxygen atoms in total. The molecule has 1 saturated heterocycles. The second kappa shape index (κ2) is 7.84. The molecule has 2 aliphatic heterocycles. The number of carbonyl (C=O) groups is 1. The van der Waals surface area contributed by atoms with Gasteiger partial charge in [0.2, 0.25) is 0 Å². The number of fused-ring (bicyclic) bond motifs is 4. The van der Waals surface area contributed by atoms with E-state index in [1.54, 1.807) is 19.3 Å². The van der Waals surface area contributed by atoms with E-state index in [0.717, 1.165) is 79.0 Å². The SMILES string of the molecule is CNC(=O)c1ccc(N2CCN(Cc3cnc4c5c(c(=O)[nH]c4c3)CCCN5)[C@H]3C[C@H]32)cn1. The highest BCUT2D eigenvalue weighted by atomic mass is 16.1. The first kappa shape index (κ1) is 20.2. The van der Waals surface area contributed by atoms with Crippen LogP contribution in [0.3, 0.4) is 0 Å². The van der Waals surface area contributed by atoms with Crippen molar-refractivity contribution in [1.82, 2.24) is 25.2 Å². The standard InChI is InChI=1S/C24H27N7O2/c1-25-24(33)17-5-4-15(12-27-17)31-8-7-30(19-10-20(19)31)13-14-9-18-22(28-11-14)21-16(23(32)29-18)3-2-6-26-21/h4-5,9,11-12,19-20,26H,2-3,6-8,10,13H2,1H3,(H,25,33)(H,29,32)/t19-,20+/m0/s1. The lowest BCUT2D eigenvalue weighted by molar-refractivity contribution is 0.0958. The lowest BCUT2D eigenvalue weighted by Crippen LogP contribution is -2.46. The molecule has 5 heterocycles.